The Hall–Kier alpha value is -2.93. The van der Waals surface area contributed by atoms with Gasteiger partial charge in [-0.15, -0.1) is 0 Å². The van der Waals surface area contributed by atoms with Crippen molar-refractivity contribution in [3.8, 4) is 16.9 Å². The van der Waals surface area contributed by atoms with E-state index in [1.54, 1.807) is 6.20 Å². The lowest BCUT2D eigenvalue weighted by molar-refractivity contribution is 0.0635. The van der Waals surface area contributed by atoms with Crippen molar-refractivity contribution in [2.45, 2.75) is 33.2 Å². The maximum atomic E-state index is 13.4. The van der Waals surface area contributed by atoms with Crippen molar-refractivity contribution in [2.24, 2.45) is 0 Å². The Kier molecular flexibility index (Phi) is 5.99. The van der Waals surface area contributed by atoms with Crippen LogP contribution in [0.2, 0.25) is 0 Å². The lowest BCUT2D eigenvalue weighted by Gasteiger charge is -2.35. The summed E-state index contributed by atoms with van der Waals surface area (Å²) in [6.45, 7) is 9.15. The van der Waals surface area contributed by atoms with E-state index in [-0.39, 0.29) is 11.5 Å². The number of amides is 1. The van der Waals surface area contributed by atoms with Crippen molar-refractivity contribution in [1.29, 1.82) is 0 Å². The largest absolute Gasteiger partial charge is 0.353 e. The molecule has 1 aromatic rings. The van der Waals surface area contributed by atoms with Crippen LogP contribution in [0.15, 0.2) is 47.5 Å². The Bertz CT molecular complexity index is 1030. The zero-order valence-corrected chi connectivity index (χ0v) is 17.8. The maximum Gasteiger partial charge on any atom is 0.282 e. The number of aryl methyl sites for hydroxylation is 1. The molecule has 1 saturated heterocycles. The third kappa shape index (κ3) is 3.89. The summed E-state index contributed by atoms with van der Waals surface area (Å²) >= 11 is 0. The van der Waals surface area contributed by atoms with Crippen molar-refractivity contribution in [3.63, 3.8) is 0 Å². The summed E-state index contributed by atoms with van der Waals surface area (Å²) in [6, 6.07) is 9.34. The number of benzene rings is 1. The van der Waals surface area contributed by atoms with Gasteiger partial charge in [0.05, 0.1) is 16.8 Å². The number of hydrogen-bond donors (Lipinski definition) is 0. The van der Waals surface area contributed by atoms with Gasteiger partial charge in [0.15, 0.2) is 0 Å². The minimum absolute atomic E-state index is 0.0457. The number of aromatic nitrogens is 3. The summed E-state index contributed by atoms with van der Waals surface area (Å²) in [6.07, 6.45) is 5.99. The monoisotopic (exact) mass is 407 g/mol. The van der Waals surface area contributed by atoms with Gasteiger partial charge < -0.3 is 9.47 Å². The second kappa shape index (κ2) is 8.83. The molecule has 0 aliphatic carbocycles. The molecule has 0 saturated carbocycles. The molecule has 0 atom stereocenters. The van der Waals surface area contributed by atoms with Crippen molar-refractivity contribution < 1.29 is 4.79 Å². The minimum Gasteiger partial charge on any atom is -0.353 e. The Balaban J connectivity index is 1.67. The number of carbonyl (C=O) groups excluding carboxylic acids is 1. The first-order valence-electron chi connectivity index (χ1n) is 10.8. The van der Waals surface area contributed by atoms with Gasteiger partial charge in [0.2, 0.25) is 0 Å². The van der Waals surface area contributed by atoms with Gasteiger partial charge in [-0.3, -0.25) is 14.5 Å². The average molecular weight is 408 g/mol. The van der Waals surface area contributed by atoms with Gasteiger partial charge in [0, 0.05) is 45.1 Å². The molecular weight excluding hydrogens is 378 g/mol. The number of fused-ring (bicyclic) bond motifs is 1. The fourth-order valence-corrected chi connectivity index (χ4v) is 3.97. The quantitative estimate of drug-likeness (QED) is 0.630. The van der Waals surface area contributed by atoms with Crippen LogP contribution in [-0.2, 0) is 6.54 Å². The molecule has 1 fully saturated rings. The molecule has 0 bridgehead atoms. The van der Waals surface area contributed by atoms with Gasteiger partial charge in [0.25, 0.3) is 11.5 Å². The summed E-state index contributed by atoms with van der Waals surface area (Å²) < 4.78 is 3.29. The van der Waals surface area contributed by atoms with E-state index < -0.39 is 0 Å². The van der Waals surface area contributed by atoms with Crippen LogP contribution in [-0.4, -0.2) is 62.8 Å². The van der Waals surface area contributed by atoms with Crippen molar-refractivity contribution in [3.05, 3.63) is 58.6 Å². The zero-order chi connectivity index (χ0) is 21.1. The first-order chi connectivity index (χ1) is 14.6. The molecule has 1 aromatic carbocycles. The fourth-order valence-electron chi connectivity index (χ4n) is 3.97. The molecule has 158 valence electrons. The summed E-state index contributed by atoms with van der Waals surface area (Å²) in [4.78, 5) is 30.8. The topological polar surface area (TPSA) is 63.4 Å². The van der Waals surface area contributed by atoms with Gasteiger partial charge in [-0.05, 0) is 32.0 Å². The molecule has 7 nitrogen and oxygen atoms in total. The average Bonchev–Trinajstić information content (AvgIpc) is 3.14. The standard InChI is InChI=1S/C23H29N5O2/c1-3-5-11-26-12-14-27(15-13-26)22(29)19-16-25(4-2)17-20-21(19)24-28(23(20)30)18-9-7-6-8-10-18/h6-10,16-17H,3-5,11-15H2,1-2H3. The van der Waals surface area contributed by atoms with Crippen LogP contribution in [0.3, 0.4) is 0 Å². The molecule has 0 radical (unpaired) electrons. The number of pyridine rings is 1. The van der Waals surface area contributed by atoms with Gasteiger partial charge in [-0.25, -0.2) is 0 Å². The van der Waals surface area contributed by atoms with E-state index in [0.717, 1.165) is 19.6 Å². The Morgan fingerprint density at radius 3 is 2.43 bits per heavy atom. The van der Waals surface area contributed by atoms with E-state index in [1.165, 1.54) is 17.5 Å². The van der Waals surface area contributed by atoms with Crippen LogP contribution in [0.5, 0.6) is 0 Å². The van der Waals surface area contributed by atoms with E-state index in [0.29, 0.717) is 42.1 Å². The molecule has 0 spiro atoms. The second-order valence-corrected chi connectivity index (χ2v) is 7.80. The predicted octanol–water partition coefficient (Wildman–Crippen LogP) is 2.72. The van der Waals surface area contributed by atoms with E-state index >= 15 is 0 Å². The number of piperazine rings is 1. The molecule has 3 aliphatic heterocycles. The van der Waals surface area contributed by atoms with Crippen LogP contribution >= 0.6 is 0 Å². The van der Waals surface area contributed by atoms with Crippen LogP contribution < -0.4 is 5.56 Å². The molecule has 7 heteroatoms. The van der Waals surface area contributed by atoms with Gasteiger partial charge in [0.1, 0.15) is 5.69 Å². The molecule has 3 aliphatic rings. The number of rotatable bonds is 6. The minimum atomic E-state index is -0.197. The number of nitrogens with zero attached hydrogens (tertiary/aromatic N) is 5. The molecule has 0 aromatic heterocycles. The highest BCUT2D eigenvalue weighted by Gasteiger charge is 2.28. The van der Waals surface area contributed by atoms with Crippen LogP contribution in [0.1, 0.15) is 37.0 Å². The molecule has 4 rings (SSSR count). The van der Waals surface area contributed by atoms with Crippen molar-refractivity contribution in [1.82, 2.24) is 24.1 Å². The van der Waals surface area contributed by atoms with Crippen LogP contribution in [0.4, 0.5) is 0 Å². The van der Waals surface area contributed by atoms with Crippen LogP contribution in [0.25, 0.3) is 16.9 Å². The van der Waals surface area contributed by atoms with Crippen LogP contribution in [0, 0.1) is 0 Å². The second-order valence-electron chi connectivity index (χ2n) is 7.80. The number of hydrogen-bond acceptors (Lipinski definition) is 4. The smallest absolute Gasteiger partial charge is 0.282 e. The number of unbranched alkanes of at least 4 members (excludes halogenated alkanes) is 1. The first-order valence-corrected chi connectivity index (χ1v) is 10.8. The van der Waals surface area contributed by atoms with Crippen molar-refractivity contribution in [2.75, 3.05) is 32.7 Å². The van der Waals surface area contributed by atoms with E-state index in [9.17, 15) is 9.59 Å². The summed E-state index contributed by atoms with van der Waals surface area (Å²) in [5, 5.41) is 4.56. The molecule has 3 heterocycles. The molecule has 30 heavy (non-hydrogen) atoms. The third-order valence-electron chi connectivity index (χ3n) is 5.81. The summed E-state index contributed by atoms with van der Waals surface area (Å²) in [5.74, 6) is -0.0457. The first kappa shape index (κ1) is 20.3. The van der Waals surface area contributed by atoms with E-state index in [2.05, 4.69) is 16.9 Å². The van der Waals surface area contributed by atoms with Gasteiger partial charge in [-0.1, -0.05) is 31.5 Å². The maximum absolute atomic E-state index is 13.4. The van der Waals surface area contributed by atoms with Gasteiger partial charge >= 0.3 is 0 Å². The SMILES string of the molecule is CCCCN1CCN(C(=O)c2cn(CC)cc3c(=O)n(-c4ccccc4)nc2-3)CC1. The zero-order valence-electron chi connectivity index (χ0n) is 17.8. The molecule has 1 amide bonds. The normalized spacial score (nSPS) is 15.1. The lowest BCUT2D eigenvalue weighted by Crippen LogP contribution is -2.49. The lowest BCUT2D eigenvalue weighted by atomic mass is 10.1. The highest BCUT2D eigenvalue weighted by molar-refractivity contribution is 6.00. The van der Waals surface area contributed by atoms with Gasteiger partial charge in [-0.2, -0.15) is 9.78 Å². The Morgan fingerprint density at radius 2 is 1.77 bits per heavy atom. The third-order valence-corrected chi connectivity index (χ3v) is 5.81. The fraction of sp³-hybridized carbons (Fsp3) is 0.435. The highest BCUT2D eigenvalue weighted by Crippen LogP contribution is 2.24. The Morgan fingerprint density at radius 1 is 1.03 bits per heavy atom. The van der Waals surface area contributed by atoms with E-state index in [1.807, 2.05) is 52.9 Å². The van der Waals surface area contributed by atoms with E-state index in [4.69, 9.17) is 0 Å². The summed E-state index contributed by atoms with van der Waals surface area (Å²) in [7, 11) is 0. The molecule has 0 unspecified atom stereocenters. The molecule has 0 N–H and O–H groups in total. The number of carbonyl (C=O) groups is 1. The highest BCUT2D eigenvalue weighted by atomic mass is 16.2. The van der Waals surface area contributed by atoms with Crippen molar-refractivity contribution >= 4 is 5.91 Å². The Labute approximate surface area is 176 Å². The summed E-state index contributed by atoms with van der Waals surface area (Å²) in [5.41, 5.74) is 1.96. The molecular formula is C23H29N5O2. The number of para-hydroxylation sites is 1. The predicted molar refractivity (Wildman–Crippen MR) is 117 cm³/mol.